The van der Waals surface area contributed by atoms with E-state index in [9.17, 15) is 0 Å². The van der Waals surface area contributed by atoms with Gasteiger partial charge >= 0.3 is 148 Å². The first-order valence-corrected chi connectivity index (χ1v) is 12.6. The first-order valence-electron chi connectivity index (χ1n) is 8.07. The molecule has 2 nitrogen and oxygen atoms in total. The summed E-state index contributed by atoms with van der Waals surface area (Å²) in [5.74, 6) is 1.07. The fourth-order valence-corrected chi connectivity index (χ4v) is 8.14. The predicted octanol–water partition coefficient (Wildman–Crippen LogP) is 3.97. The van der Waals surface area contributed by atoms with Crippen LogP contribution in [0, 0.1) is 6.92 Å². The second kappa shape index (κ2) is 5.24. The van der Waals surface area contributed by atoms with Crippen molar-refractivity contribution in [3.8, 4) is 0 Å². The SMILES string of the molecule is Cc1c2ccccc2c2n1C1=C(C=c3ccccc3=CI1C)OC2. The Morgan fingerprint density at radius 2 is 1.67 bits per heavy atom. The van der Waals surface area contributed by atoms with E-state index in [1.807, 2.05) is 0 Å². The van der Waals surface area contributed by atoms with E-state index >= 15 is 0 Å². The number of hydrogen-bond donors (Lipinski definition) is 0. The number of aryl methyl sites for hydroxylation is 1. The van der Waals surface area contributed by atoms with E-state index in [0.717, 1.165) is 5.76 Å². The van der Waals surface area contributed by atoms with Crippen LogP contribution in [0.15, 0.2) is 54.3 Å². The fraction of sp³-hybridized carbons (Fsp3) is 0.143. The predicted molar refractivity (Wildman–Crippen MR) is 109 cm³/mol. The summed E-state index contributed by atoms with van der Waals surface area (Å²) in [5, 5.41) is 5.28. The molecule has 0 radical (unpaired) electrons. The molecule has 2 aromatic carbocycles. The Morgan fingerprint density at radius 3 is 2.50 bits per heavy atom. The summed E-state index contributed by atoms with van der Waals surface area (Å²) in [5.41, 5.74) is 2.65. The van der Waals surface area contributed by atoms with Crippen LogP contribution in [0.2, 0.25) is 0 Å². The van der Waals surface area contributed by atoms with Crippen molar-refractivity contribution in [1.29, 1.82) is 0 Å². The molecule has 0 spiro atoms. The zero-order valence-corrected chi connectivity index (χ0v) is 15.9. The zero-order chi connectivity index (χ0) is 16.3. The van der Waals surface area contributed by atoms with Crippen molar-refractivity contribution in [3.05, 3.63) is 76.1 Å². The van der Waals surface area contributed by atoms with Gasteiger partial charge in [0.15, 0.2) is 0 Å². The monoisotopic (exact) mass is 427 g/mol. The van der Waals surface area contributed by atoms with Gasteiger partial charge in [0.05, 0.1) is 0 Å². The number of benzene rings is 2. The van der Waals surface area contributed by atoms with Crippen molar-refractivity contribution in [1.82, 2.24) is 4.57 Å². The number of nitrogens with zero attached hydrogens (tertiary/aromatic N) is 1. The normalized spacial score (nSPS) is 17.2. The summed E-state index contributed by atoms with van der Waals surface area (Å²) >= 11 is -1.48. The number of ether oxygens (including phenoxy) is 1. The fourth-order valence-electron chi connectivity index (χ4n) is 3.71. The molecule has 0 saturated heterocycles. The van der Waals surface area contributed by atoms with Gasteiger partial charge in [0, 0.05) is 0 Å². The van der Waals surface area contributed by atoms with Crippen LogP contribution in [0.25, 0.3) is 24.6 Å². The average molecular weight is 427 g/mol. The summed E-state index contributed by atoms with van der Waals surface area (Å²) in [6, 6.07) is 17.3. The maximum absolute atomic E-state index is 6.26. The average Bonchev–Trinajstić information content (AvgIpc) is 2.80. The van der Waals surface area contributed by atoms with Crippen LogP contribution < -0.4 is 10.4 Å². The third-order valence-corrected chi connectivity index (χ3v) is 9.07. The Hall–Kier alpha value is -2.01. The van der Waals surface area contributed by atoms with Gasteiger partial charge in [-0.1, -0.05) is 0 Å². The van der Waals surface area contributed by atoms with E-state index in [-0.39, 0.29) is 0 Å². The molecule has 1 aromatic heterocycles. The first-order chi connectivity index (χ1) is 11.7. The number of hydrogen-bond acceptors (Lipinski definition) is 1. The summed E-state index contributed by atoms with van der Waals surface area (Å²) in [6.45, 7) is 2.89. The van der Waals surface area contributed by atoms with Crippen LogP contribution in [-0.4, -0.2) is 9.50 Å². The van der Waals surface area contributed by atoms with E-state index in [1.54, 1.807) is 0 Å². The van der Waals surface area contributed by atoms with Crippen molar-refractivity contribution in [2.75, 3.05) is 4.93 Å². The Labute approximate surface area is 148 Å². The molecule has 2 aliphatic rings. The van der Waals surface area contributed by atoms with Crippen molar-refractivity contribution >= 4 is 44.5 Å². The van der Waals surface area contributed by atoms with E-state index in [2.05, 4.69) is 75.1 Å². The standard InChI is InChI=1S/C21H18INO/c1-14-17-9-5-6-10-18(17)19-13-24-20-11-15-7-3-4-8-16(15)12-22(2)21(20)23(14)19/h3-12H,13H2,1-2H3. The Morgan fingerprint density at radius 1 is 0.958 bits per heavy atom. The quantitative estimate of drug-likeness (QED) is 0.391. The Bertz CT molecular complexity index is 1140. The summed E-state index contributed by atoms with van der Waals surface area (Å²) in [6.07, 6.45) is 2.23. The van der Waals surface area contributed by atoms with Gasteiger partial charge in [-0.3, -0.25) is 0 Å². The first kappa shape index (κ1) is 14.3. The molecule has 0 N–H and O–H groups in total. The second-order valence-corrected chi connectivity index (χ2v) is 10.8. The van der Waals surface area contributed by atoms with Crippen LogP contribution in [0.4, 0.5) is 0 Å². The second-order valence-electron chi connectivity index (χ2n) is 6.26. The van der Waals surface area contributed by atoms with Gasteiger partial charge in [-0.05, 0) is 0 Å². The van der Waals surface area contributed by atoms with Crippen LogP contribution in [-0.2, 0) is 11.3 Å². The van der Waals surface area contributed by atoms with Crippen LogP contribution >= 0.6 is 19.8 Å². The molecular formula is C21H18INO. The van der Waals surface area contributed by atoms with E-state index in [4.69, 9.17) is 4.74 Å². The van der Waals surface area contributed by atoms with E-state index < -0.39 is 19.8 Å². The molecule has 0 bridgehead atoms. The van der Waals surface area contributed by atoms with Crippen molar-refractivity contribution in [2.24, 2.45) is 0 Å². The molecule has 5 rings (SSSR count). The van der Waals surface area contributed by atoms with Gasteiger partial charge < -0.3 is 0 Å². The minimum absolute atomic E-state index is 0.649. The minimum atomic E-state index is -1.48. The summed E-state index contributed by atoms with van der Waals surface area (Å²) in [7, 11) is 0. The molecule has 24 heavy (non-hydrogen) atoms. The van der Waals surface area contributed by atoms with Crippen molar-refractivity contribution in [3.63, 3.8) is 0 Å². The number of fused-ring (bicyclic) bond motifs is 5. The maximum atomic E-state index is 6.26. The molecular weight excluding hydrogens is 409 g/mol. The molecule has 0 unspecified atom stereocenters. The van der Waals surface area contributed by atoms with Gasteiger partial charge in [-0.25, -0.2) is 0 Å². The van der Waals surface area contributed by atoms with Crippen LogP contribution in [0.1, 0.15) is 11.4 Å². The number of rotatable bonds is 0. The number of alkyl halides is 1. The van der Waals surface area contributed by atoms with Gasteiger partial charge in [-0.15, -0.1) is 0 Å². The van der Waals surface area contributed by atoms with Gasteiger partial charge in [0.2, 0.25) is 0 Å². The van der Waals surface area contributed by atoms with Gasteiger partial charge in [0.1, 0.15) is 0 Å². The molecule has 0 atom stereocenters. The third kappa shape index (κ3) is 1.94. The molecule has 3 aromatic rings. The molecule has 0 saturated carbocycles. The zero-order valence-electron chi connectivity index (χ0n) is 13.7. The summed E-state index contributed by atoms with van der Waals surface area (Å²) in [4.78, 5) is 2.41. The van der Waals surface area contributed by atoms with Gasteiger partial charge in [-0.2, -0.15) is 0 Å². The number of allylic oxidation sites excluding steroid dienone is 1. The molecule has 120 valence electrons. The molecule has 3 heteroatoms. The van der Waals surface area contributed by atoms with Crippen LogP contribution in [0.5, 0.6) is 0 Å². The molecule has 2 aliphatic heterocycles. The van der Waals surface area contributed by atoms with Gasteiger partial charge in [0.25, 0.3) is 0 Å². The van der Waals surface area contributed by atoms with Crippen LogP contribution in [0.3, 0.4) is 0 Å². The Balaban J connectivity index is 1.87. The number of halogens is 1. The van der Waals surface area contributed by atoms with E-state index in [0.29, 0.717) is 6.61 Å². The van der Waals surface area contributed by atoms with Crippen molar-refractivity contribution in [2.45, 2.75) is 13.5 Å². The summed E-state index contributed by atoms with van der Waals surface area (Å²) < 4.78 is 12.7. The van der Waals surface area contributed by atoms with Crippen molar-refractivity contribution < 1.29 is 4.74 Å². The topological polar surface area (TPSA) is 14.2 Å². The molecule has 0 amide bonds. The molecule has 0 fully saturated rings. The van der Waals surface area contributed by atoms with E-state index in [1.165, 1.54) is 36.3 Å². The molecule has 3 heterocycles. The number of aromatic nitrogens is 1. The molecule has 0 aliphatic carbocycles. The third-order valence-electron chi connectivity index (χ3n) is 4.84. The Kier molecular flexibility index (Phi) is 3.13.